The Balaban J connectivity index is 1.82. The number of carbonyl (C=O) groups is 1. The smallest absolute Gasteiger partial charge is 0.408 e. The van der Waals surface area contributed by atoms with Crippen molar-refractivity contribution in [1.29, 1.82) is 0 Å². The number of oxazole rings is 1. The minimum absolute atomic E-state index is 0.297. The molecule has 0 fully saturated rings. The molecule has 3 rings (SSSR count). The molecule has 3 N–H and O–H groups in total. The molecule has 1 amide bonds. The maximum absolute atomic E-state index is 12.4. The van der Waals surface area contributed by atoms with Gasteiger partial charge in [0.05, 0.1) is 10.5 Å². The highest BCUT2D eigenvalue weighted by Crippen LogP contribution is 2.20. The van der Waals surface area contributed by atoms with Gasteiger partial charge in [0.1, 0.15) is 5.69 Å². The molecular weight excluding hydrogens is 354 g/mol. The van der Waals surface area contributed by atoms with Crippen LogP contribution in [0.3, 0.4) is 0 Å². The van der Waals surface area contributed by atoms with E-state index in [0.29, 0.717) is 48.5 Å². The summed E-state index contributed by atoms with van der Waals surface area (Å²) in [6.45, 7) is 1.70. The zero-order valence-corrected chi connectivity index (χ0v) is 15.5. The van der Waals surface area contributed by atoms with Gasteiger partial charge >= 0.3 is 5.76 Å². The molecule has 0 bridgehead atoms. The van der Waals surface area contributed by atoms with Crippen molar-refractivity contribution >= 4 is 34.0 Å². The van der Waals surface area contributed by atoms with Crippen molar-refractivity contribution in [3.05, 3.63) is 44.8 Å². The summed E-state index contributed by atoms with van der Waals surface area (Å²) in [5, 5.41) is 5.36. The number of nitrogens with zero attached hydrogens (tertiary/aromatic N) is 3. The van der Waals surface area contributed by atoms with Gasteiger partial charge in [-0.3, -0.25) is 9.36 Å². The monoisotopic (exact) mass is 375 g/mol. The van der Waals surface area contributed by atoms with Gasteiger partial charge in [0.2, 0.25) is 0 Å². The molecule has 2 aromatic heterocycles. The third-order valence-electron chi connectivity index (χ3n) is 3.84. The first kappa shape index (κ1) is 18.3. The van der Waals surface area contributed by atoms with Crippen LogP contribution in [0.4, 0.5) is 5.69 Å². The first-order chi connectivity index (χ1) is 12.5. The van der Waals surface area contributed by atoms with Crippen LogP contribution in [0, 0.1) is 0 Å². The van der Waals surface area contributed by atoms with E-state index in [-0.39, 0.29) is 5.91 Å². The van der Waals surface area contributed by atoms with E-state index >= 15 is 0 Å². The molecule has 0 spiro atoms. The van der Waals surface area contributed by atoms with Gasteiger partial charge in [0.25, 0.3) is 5.91 Å². The summed E-state index contributed by atoms with van der Waals surface area (Å²) in [7, 11) is 3.87. The minimum atomic E-state index is -0.406. The van der Waals surface area contributed by atoms with Gasteiger partial charge in [0, 0.05) is 30.6 Å². The number of hydrogen-bond acceptors (Lipinski definition) is 7. The fraction of sp³-hybridized carbons (Fsp3) is 0.353. The van der Waals surface area contributed by atoms with Crippen LogP contribution in [0.25, 0.3) is 11.1 Å². The Morgan fingerprint density at radius 3 is 2.96 bits per heavy atom. The maximum Gasteiger partial charge on any atom is 0.419 e. The average Bonchev–Trinajstić information content (AvgIpc) is 3.17. The molecule has 26 heavy (non-hydrogen) atoms. The number of anilines is 1. The van der Waals surface area contributed by atoms with E-state index in [9.17, 15) is 9.59 Å². The van der Waals surface area contributed by atoms with Crippen molar-refractivity contribution < 1.29 is 9.21 Å². The Hall–Kier alpha value is -2.49. The predicted molar refractivity (Wildman–Crippen MR) is 102 cm³/mol. The molecule has 138 valence electrons. The number of benzene rings is 1. The molecule has 0 aliphatic rings. The van der Waals surface area contributed by atoms with E-state index in [0.717, 1.165) is 5.01 Å². The molecule has 0 aliphatic carbocycles. The van der Waals surface area contributed by atoms with E-state index in [1.807, 2.05) is 19.0 Å². The lowest BCUT2D eigenvalue weighted by Gasteiger charge is -2.09. The van der Waals surface area contributed by atoms with Crippen molar-refractivity contribution in [3.63, 3.8) is 0 Å². The van der Waals surface area contributed by atoms with Gasteiger partial charge in [-0.2, -0.15) is 0 Å². The Kier molecular flexibility index (Phi) is 5.50. The molecular formula is C17H21N5O3S. The lowest BCUT2D eigenvalue weighted by atomic mass is 10.2. The van der Waals surface area contributed by atoms with Crippen LogP contribution in [0.15, 0.2) is 32.8 Å². The Bertz CT molecular complexity index is 972. The van der Waals surface area contributed by atoms with E-state index in [4.69, 9.17) is 10.2 Å². The number of nitrogens with one attached hydrogen (secondary N) is 1. The normalized spacial score (nSPS) is 11.4. The van der Waals surface area contributed by atoms with Crippen LogP contribution in [-0.2, 0) is 13.0 Å². The molecule has 1 aromatic carbocycles. The van der Waals surface area contributed by atoms with Crippen LogP contribution < -0.4 is 16.8 Å². The van der Waals surface area contributed by atoms with Gasteiger partial charge in [-0.25, -0.2) is 9.78 Å². The molecule has 3 aromatic rings. The Morgan fingerprint density at radius 2 is 2.23 bits per heavy atom. The van der Waals surface area contributed by atoms with Gasteiger partial charge in [-0.1, -0.05) is 0 Å². The molecule has 2 heterocycles. The number of likely N-dealkylation sites (N-methyl/N-ethyl adjacent to an activating group) is 1. The van der Waals surface area contributed by atoms with E-state index in [1.165, 1.54) is 11.3 Å². The second kappa shape index (κ2) is 7.81. The number of aromatic nitrogens is 2. The zero-order valence-electron chi connectivity index (χ0n) is 14.7. The van der Waals surface area contributed by atoms with E-state index in [1.54, 1.807) is 28.1 Å². The molecule has 9 heteroatoms. The molecule has 0 saturated heterocycles. The SMILES string of the molecule is CN(C)CCn1c(=O)oc2ccc(NC(=O)c3csc(CCN)n3)cc21. The van der Waals surface area contributed by atoms with Crippen LogP contribution in [0.1, 0.15) is 15.5 Å². The van der Waals surface area contributed by atoms with Gasteiger partial charge in [-0.15, -0.1) is 11.3 Å². The van der Waals surface area contributed by atoms with Crippen molar-refractivity contribution in [1.82, 2.24) is 14.5 Å². The fourth-order valence-corrected chi connectivity index (χ4v) is 3.29. The average molecular weight is 375 g/mol. The highest BCUT2D eigenvalue weighted by atomic mass is 32.1. The summed E-state index contributed by atoms with van der Waals surface area (Å²) < 4.78 is 6.82. The zero-order chi connectivity index (χ0) is 18.7. The summed E-state index contributed by atoms with van der Waals surface area (Å²) in [6.07, 6.45) is 0.650. The second-order valence-corrected chi connectivity index (χ2v) is 7.07. The summed E-state index contributed by atoms with van der Waals surface area (Å²) in [5.74, 6) is -0.703. The van der Waals surface area contributed by atoms with Gasteiger partial charge in [0.15, 0.2) is 5.58 Å². The number of amides is 1. The van der Waals surface area contributed by atoms with Crippen molar-refractivity contribution in [2.45, 2.75) is 13.0 Å². The number of fused-ring (bicyclic) bond motifs is 1. The van der Waals surface area contributed by atoms with E-state index in [2.05, 4.69) is 10.3 Å². The van der Waals surface area contributed by atoms with Crippen molar-refractivity contribution in [2.24, 2.45) is 5.73 Å². The summed E-state index contributed by atoms with van der Waals surface area (Å²) in [4.78, 5) is 30.7. The van der Waals surface area contributed by atoms with Crippen molar-refractivity contribution in [2.75, 3.05) is 32.5 Å². The first-order valence-electron chi connectivity index (χ1n) is 8.22. The van der Waals surface area contributed by atoms with Crippen molar-refractivity contribution in [3.8, 4) is 0 Å². The van der Waals surface area contributed by atoms with E-state index < -0.39 is 5.76 Å². The number of hydrogen-bond donors (Lipinski definition) is 2. The standard InChI is InChI=1S/C17H21N5O3S/c1-21(2)7-8-22-13-9-11(3-4-14(13)25-17(22)24)19-16(23)12-10-26-15(20-12)5-6-18/h3-4,9-10H,5-8,18H2,1-2H3,(H,19,23). The van der Waals surface area contributed by atoms with Crippen LogP contribution in [-0.4, -0.2) is 47.5 Å². The minimum Gasteiger partial charge on any atom is -0.408 e. The number of thiazole rings is 1. The highest BCUT2D eigenvalue weighted by Gasteiger charge is 2.14. The third kappa shape index (κ3) is 4.01. The molecule has 8 nitrogen and oxygen atoms in total. The number of rotatable bonds is 7. The number of nitrogens with two attached hydrogens (primary N) is 1. The van der Waals surface area contributed by atoms with Gasteiger partial charge in [-0.05, 0) is 38.8 Å². The van der Waals surface area contributed by atoms with Gasteiger partial charge < -0.3 is 20.4 Å². The summed E-state index contributed by atoms with van der Waals surface area (Å²) in [5.41, 5.74) is 7.59. The molecule has 0 radical (unpaired) electrons. The lowest BCUT2D eigenvalue weighted by Crippen LogP contribution is -2.23. The topological polar surface area (TPSA) is 106 Å². The van der Waals surface area contributed by atoms with Crippen LogP contribution >= 0.6 is 11.3 Å². The lowest BCUT2D eigenvalue weighted by molar-refractivity contribution is 0.102. The van der Waals surface area contributed by atoms with Crippen LogP contribution in [0.5, 0.6) is 0 Å². The second-order valence-electron chi connectivity index (χ2n) is 6.12. The Labute approximate surface area is 154 Å². The molecule has 0 atom stereocenters. The number of carbonyl (C=O) groups excluding carboxylic acids is 1. The summed E-state index contributed by atoms with van der Waals surface area (Å²) in [6, 6.07) is 5.12. The molecule has 0 aliphatic heterocycles. The summed E-state index contributed by atoms with van der Waals surface area (Å²) >= 11 is 1.41. The predicted octanol–water partition coefficient (Wildman–Crippen LogP) is 1.37. The largest absolute Gasteiger partial charge is 0.419 e. The van der Waals surface area contributed by atoms with Crippen LogP contribution in [0.2, 0.25) is 0 Å². The molecule has 0 unspecified atom stereocenters. The highest BCUT2D eigenvalue weighted by molar-refractivity contribution is 7.09. The first-order valence-corrected chi connectivity index (χ1v) is 9.10. The fourth-order valence-electron chi connectivity index (χ4n) is 2.50. The quantitative estimate of drug-likeness (QED) is 0.646. The third-order valence-corrected chi connectivity index (χ3v) is 4.75. The maximum atomic E-state index is 12.4. The Morgan fingerprint density at radius 1 is 1.42 bits per heavy atom. The molecule has 0 saturated carbocycles.